The smallest absolute Gasteiger partial charge is 0.254 e. The molecule has 0 aliphatic carbocycles. The van der Waals surface area contributed by atoms with Crippen LogP contribution in [0.15, 0.2) is 30.5 Å². The van der Waals surface area contributed by atoms with Crippen LogP contribution in [-0.2, 0) is 7.05 Å². The van der Waals surface area contributed by atoms with Gasteiger partial charge in [-0.1, -0.05) is 18.2 Å². The third-order valence-electron chi connectivity index (χ3n) is 3.98. The van der Waals surface area contributed by atoms with Crippen LogP contribution < -0.4 is 10.6 Å². The second kappa shape index (κ2) is 5.60. The standard InChI is InChI=1S/C16H20N4O/c1-11-14(10-20(2)19-11)16(21)17-8-7-12-9-18-15-6-4-3-5-13(12)15/h3-6,10,12,18H,7-9H2,1-2H3,(H,17,21). The van der Waals surface area contributed by atoms with Crippen LogP contribution in [0.3, 0.4) is 0 Å². The number of amides is 1. The lowest BCUT2D eigenvalue weighted by molar-refractivity contribution is 0.0952. The van der Waals surface area contributed by atoms with Crippen molar-refractivity contribution in [1.29, 1.82) is 0 Å². The molecule has 0 bridgehead atoms. The maximum atomic E-state index is 12.1. The molecular formula is C16H20N4O. The summed E-state index contributed by atoms with van der Waals surface area (Å²) in [5.41, 5.74) is 3.99. The van der Waals surface area contributed by atoms with E-state index in [1.165, 1.54) is 11.3 Å². The van der Waals surface area contributed by atoms with Crippen molar-refractivity contribution in [2.75, 3.05) is 18.4 Å². The molecule has 3 rings (SSSR count). The number of fused-ring (bicyclic) bond motifs is 1. The molecule has 2 N–H and O–H groups in total. The fourth-order valence-corrected chi connectivity index (χ4v) is 2.89. The zero-order chi connectivity index (χ0) is 14.8. The molecule has 0 spiro atoms. The van der Waals surface area contributed by atoms with Crippen LogP contribution in [0.4, 0.5) is 5.69 Å². The number of benzene rings is 1. The predicted molar refractivity (Wildman–Crippen MR) is 82.6 cm³/mol. The lowest BCUT2D eigenvalue weighted by atomic mass is 9.98. The summed E-state index contributed by atoms with van der Waals surface area (Å²) in [7, 11) is 1.82. The van der Waals surface area contributed by atoms with Crippen LogP contribution in [0.5, 0.6) is 0 Å². The third-order valence-corrected chi connectivity index (χ3v) is 3.98. The maximum absolute atomic E-state index is 12.1. The Morgan fingerprint density at radius 1 is 1.48 bits per heavy atom. The first-order valence-corrected chi connectivity index (χ1v) is 7.26. The summed E-state index contributed by atoms with van der Waals surface area (Å²) >= 11 is 0. The first-order valence-electron chi connectivity index (χ1n) is 7.26. The summed E-state index contributed by atoms with van der Waals surface area (Å²) in [5, 5.41) is 10.6. The minimum Gasteiger partial charge on any atom is -0.384 e. The van der Waals surface area contributed by atoms with Gasteiger partial charge in [-0.2, -0.15) is 5.10 Å². The molecule has 1 atom stereocenters. The van der Waals surface area contributed by atoms with Gasteiger partial charge in [0.2, 0.25) is 0 Å². The summed E-state index contributed by atoms with van der Waals surface area (Å²) in [4.78, 5) is 12.1. The topological polar surface area (TPSA) is 59.0 Å². The molecule has 5 heteroatoms. The van der Waals surface area contributed by atoms with Crippen LogP contribution in [0.25, 0.3) is 0 Å². The molecule has 5 nitrogen and oxygen atoms in total. The molecule has 1 amide bonds. The van der Waals surface area contributed by atoms with Gasteiger partial charge in [-0.15, -0.1) is 0 Å². The Hall–Kier alpha value is -2.30. The predicted octanol–water partition coefficient (Wildman–Crippen LogP) is 2.06. The number of hydrogen-bond acceptors (Lipinski definition) is 3. The van der Waals surface area contributed by atoms with Crippen LogP contribution in [0.1, 0.15) is 34.0 Å². The molecule has 0 fully saturated rings. The zero-order valence-corrected chi connectivity index (χ0v) is 12.4. The van der Waals surface area contributed by atoms with Crippen molar-refractivity contribution in [3.05, 3.63) is 47.3 Å². The monoisotopic (exact) mass is 284 g/mol. The number of nitrogens with zero attached hydrogens (tertiary/aromatic N) is 2. The van der Waals surface area contributed by atoms with E-state index in [1.54, 1.807) is 10.9 Å². The van der Waals surface area contributed by atoms with Crippen molar-refractivity contribution in [2.45, 2.75) is 19.3 Å². The fourth-order valence-electron chi connectivity index (χ4n) is 2.89. The van der Waals surface area contributed by atoms with Crippen molar-refractivity contribution < 1.29 is 4.79 Å². The third kappa shape index (κ3) is 2.77. The highest BCUT2D eigenvalue weighted by Crippen LogP contribution is 2.32. The van der Waals surface area contributed by atoms with Crippen LogP contribution in [0, 0.1) is 6.92 Å². The molecule has 2 aromatic rings. The highest BCUT2D eigenvalue weighted by atomic mass is 16.1. The lowest BCUT2D eigenvalue weighted by Gasteiger charge is -2.10. The van der Waals surface area contributed by atoms with Gasteiger partial charge >= 0.3 is 0 Å². The largest absolute Gasteiger partial charge is 0.384 e. The SMILES string of the molecule is Cc1nn(C)cc1C(=O)NCCC1CNc2ccccc21. The molecule has 0 radical (unpaired) electrons. The molecule has 110 valence electrons. The average molecular weight is 284 g/mol. The minimum absolute atomic E-state index is 0.0418. The van der Waals surface area contributed by atoms with E-state index in [2.05, 4.69) is 33.9 Å². The van der Waals surface area contributed by atoms with Crippen molar-refractivity contribution >= 4 is 11.6 Å². The quantitative estimate of drug-likeness (QED) is 0.903. The van der Waals surface area contributed by atoms with E-state index >= 15 is 0 Å². The molecule has 1 unspecified atom stereocenters. The van der Waals surface area contributed by atoms with Crippen molar-refractivity contribution in [3.63, 3.8) is 0 Å². The molecule has 2 heterocycles. The number of carbonyl (C=O) groups is 1. The van der Waals surface area contributed by atoms with E-state index in [1.807, 2.05) is 20.0 Å². The Bertz CT molecular complexity index is 662. The van der Waals surface area contributed by atoms with Gasteiger partial charge in [0.25, 0.3) is 5.91 Å². The maximum Gasteiger partial charge on any atom is 0.254 e. The van der Waals surface area contributed by atoms with Crippen molar-refractivity contribution in [3.8, 4) is 0 Å². The number of rotatable bonds is 4. The fraction of sp³-hybridized carbons (Fsp3) is 0.375. The van der Waals surface area contributed by atoms with Crippen molar-refractivity contribution in [2.24, 2.45) is 7.05 Å². The minimum atomic E-state index is -0.0418. The Kier molecular flexibility index (Phi) is 3.64. The first kappa shape index (κ1) is 13.7. The molecule has 1 aliphatic heterocycles. The van der Waals surface area contributed by atoms with E-state index in [0.29, 0.717) is 18.0 Å². The summed E-state index contributed by atoms with van der Waals surface area (Å²) in [5.74, 6) is 0.427. The Balaban J connectivity index is 1.55. The van der Waals surface area contributed by atoms with Crippen LogP contribution >= 0.6 is 0 Å². The van der Waals surface area contributed by atoms with E-state index in [9.17, 15) is 4.79 Å². The second-order valence-electron chi connectivity index (χ2n) is 5.51. The summed E-state index contributed by atoms with van der Waals surface area (Å²) in [6.07, 6.45) is 2.70. The highest BCUT2D eigenvalue weighted by Gasteiger charge is 2.21. The summed E-state index contributed by atoms with van der Waals surface area (Å²) in [6.45, 7) is 3.47. The van der Waals surface area contributed by atoms with Gasteiger partial charge in [-0.25, -0.2) is 0 Å². The van der Waals surface area contributed by atoms with E-state index in [0.717, 1.165) is 18.7 Å². The molecule has 1 aliphatic rings. The van der Waals surface area contributed by atoms with E-state index < -0.39 is 0 Å². The van der Waals surface area contributed by atoms with Gasteiger partial charge in [-0.3, -0.25) is 9.48 Å². The number of carbonyl (C=O) groups excluding carboxylic acids is 1. The molecule has 1 aromatic heterocycles. The molecular weight excluding hydrogens is 264 g/mol. The number of aryl methyl sites for hydroxylation is 2. The normalized spacial score (nSPS) is 16.4. The Morgan fingerprint density at radius 3 is 3.05 bits per heavy atom. The Morgan fingerprint density at radius 2 is 2.29 bits per heavy atom. The second-order valence-corrected chi connectivity index (χ2v) is 5.51. The molecule has 0 saturated carbocycles. The number of para-hydroxylation sites is 1. The van der Waals surface area contributed by atoms with Gasteiger partial charge in [0.15, 0.2) is 0 Å². The number of nitrogens with one attached hydrogen (secondary N) is 2. The van der Waals surface area contributed by atoms with Gasteiger partial charge < -0.3 is 10.6 Å². The molecule has 21 heavy (non-hydrogen) atoms. The van der Waals surface area contributed by atoms with E-state index in [4.69, 9.17) is 0 Å². The van der Waals surface area contributed by atoms with Gasteiger partial charge in [0, 0.05) is 37.9 Å². The molecule has 1 aromatic carbocycles. The summed E-state index contributed by atoms with van der Waals surface area (Å²) < 4.78 is 1.67. The van der Waals surface area contributed by atoms with E-state index in [-0.39, 0.29) is 5.91 Å². The zero-order valence-electron chi connectivity index (χ0n) is 12.4. The van der Waals surface area contributed by atoms with Gasteiger partial charge in [0.1, 0.15) is 0 Å². The summed E-state index contributed by atoms with van der Waals surface area (Å²) in [6, 6.07) is 8.37. The van der Waals surface area contributed by atoms with Gasteiger partial charge in [-0.05, 0) is 25.0 Å². The Labute approximate surface area is 124 Å². The average Bonchev–Trinajstić information content (AvgIpc) is 3.02. The van der Waals surface area contributed by atoms with Crippen molar-refractivity contribution in [1.82, 2.24) is 15.1 Å². The first-order chi connectivity index (χ1) is 10.1. The number of aromatic nitrogens is 2. The molecule has 0 saturated heterocycles. The number of hydrogen-bond donors (Lipinski definition) is 2. The highest BCUT2D eigenvalue weighted by molar-refractivity contribution is 5.94. The lowest BCUT2D eigenvalue weighted by Crippen LogP contribution is -2.26. The van der Waals surface area contributed by atoms with Crippen LogP contribution in [-0.4, -0.2) is 28.8 Å². The number of anilines is 1. The van der Waals surface area contributed by atoms with Gasteiger partial charge in [0.05, 0.1) is 11.3 Å². The van der Waals surface area contributed by atoms with Crippen LogP contribution in [0.2, 0.25) is 0 Å².